The van der Waals surface area contributed by atoms with Crippen LogP contribution in [-0.4, -0.2) is 9.55 Å². The van der Waals surface area contributed by atoms with Crippen molar-refractivity contribution in [1.29, 1.82) is 0 Å². The molecule has 196 valence electrons. The Labute approximate surface area is 244 Å². The first kappa shape index (κ1) is 23.3. The second-order valence-electron chi connectivity index (χ2n) is 11.2. The van der Waals surface area contributed by atoms with Crippen molar-refractivity contribution in [3.63, 3.8) is 0 Å². The zero-order chi connectivity index (χ0) is 27.7. The molecule has 2 heteroatoms. The van der Waals surface area contributed by atoms with Gasteiger partial charge in [-0.3, -0.25) is 4.98 Å². The normalized spacial score (nSPS) is 15.7. The fourth-order valence-electron chi connectivity index (χ4n) is 7.50. The lowest BCUT2D eigenvalue weighted by atomic mass is 9.67. The average Bonchev–Trinajstić information content (AvgIpc) is 3.56. The molecule has 2 nitrogen and oxygen atoms in total. The molecular formula is C40H26N2. The lowest BCUT2D eigenvalue weighted by Crippen LogP contribution is -2.28. The van der Waals surface area contributed by atoms with Gasteiger partial charge in [-0.2, -0.15) is 0 Å². The molecule has 1 unspecified atom stereocenters. The molecule has 2 heterocycles. The number of rotatable bonds is 3. The first-order valence-electron chi connectivity index (χ1n) is 14.5. The number of hydrogen-bond acceptors (Lipinski definition) is 1. The summed E-state index contributed by atoms with van der Waals surface area (Å²) in [4.78, 5) is 4.43. The third-order valence-corrected chi connectivity index (χ3v) is 9.15. The fraction of sp³-hybridized carbons (Fsp3) is 0.0250. The van der Waals surface area contributed by atoms with Gasteiger partial charge in [-0.05, 0) is 80.6 Å². The number of para-hydroxylation sites is 1. The third kappa shape index (κ3) is 3.01. The van der Waals surface area contributed by atoms with Crippen LogP contribution in [0.25, 0.3) is 49.4 Å². The maximum atomic E-state index is 4.43. The Hall–Kier alpha value is -5.47. The Kier molecular flexibility index (Phi) is 4.85. The summed E-state index contributed by atoms with van der Waals surface area (Å²) in [5, 5.41) is 5.05. The second kappa shape index (κ2) is 8.76. The largest absolute Gasteiger partial charge is 0.309 e. The van der Waals surface area contributed by atoms with Gasteiger partial charge in [0.15, 0.2) is 0 Å². The standard InChI is InChI=1S/C40H26N2/c1-2-12-29(13-3-1)40(30-22-24-41-25-23-30)35-16-8-6-14-32(35)33-20-21-37-38(39(33)40)34-15-7-9-17-36(34)42(37)31-19-18-27-10-4-5-11-28(27)26-31/h1-26H. The van der Waals surface area contributed by atoms with Crippen LogP contribution in [0.5, 0.6) is 0 Å². The quantitative estimate of drug-likeness (QED) is 0.221. The molecule has 0 amide bonds. The lowest BCUT2D eigenvalue weighted by Gasteiger charge is -2.34. The van der Waals surface area contributed by atoms with Crippen LogP contribution >= 0.6 is 0 Å². The summed E-state index contributed by atoms with van der Waals surface area (Å²) >= 11 is 0. The van der Waals surface area contributed by atoms with E-state index in [4.69, 9.17) is 0 Å². The molecule has 0 fully saturated rings. The van der Waals surface area contributed by atoms with Crippen molar-refractivity contribution in [2.75, 3.05) is 0 Å². The van der Waals surface area contributed by atoms with Crippen LogP contribution in [-0.2, 0) is 5.41 Å². The average molecular weight is 535 g/mol. The second-order valence-corrected chi connectivity index (χ2v) is 11.2. The highest BCUT2D eigenvalue weighted by Gasteiger charge is 2.47. The molecule has 2 aromatic heterocycles. The number of pyridine rings is 1. The van der Waals surface area contributed by atoms with E-state index in [1.54, 1.807) is 0 Å². The van der Waals surface area contributed by atoms with Crippen molar-refractivity contribution < 1.29 is 0 Å². The van der Waals surface area contributed by atoms with E-state index in [1.165, 1.54) is 71.6 Å². The van der Waals surface area contributed by atoms with Crippen molar-refractivity contribution in [3.05, 3.63) is 180 Å². The summed E-state index contributed by atoms with van der Waals surface area (Å²) in [5.41, 5.74) is 10.8. The van der Waals surface area contributed by atoms with E-state index in [0.717, 1.165) is 0 Å². The fourth-order valence-corrected chi connectivity index (χ4v) is 7.50. The molecule has 42 heavy (non-hydrogen) atoms. The maximum Gasteiger partial charge on any atom is 0.0721 e. The molecule has 9 rings (SSSR count). The van der Waals surface area contributed by atoms with E-state index in [2.05, 4.69) is 155 Å². The van der Waals surface area contributed by atoms with Crippen LogP contribution in [0.15, 0.2) is 158 Å². The number of aromatic nitrogens is 2. The van der Waals surface area contributed by atoms with Crippen LogP contribution < -0.4 is 0 Å². The molecule has 0 N–H and O–H groups in total. The zero-order valence-corrected chi connectivity index (χ0v) is 22.9. The minimum atomic E-state index is -0.492. The molecule has 0 saturated heterocycles. The summed E-state index contributed by atoms with van der Waals surface area (Å²) in [5.74, 6) is 0. The lowest BCUT2D eigenvalue weighted by molar-refractivity contribution is 0.773. The highest BCUT2D eigenvalue weighted by molar-refractivity contribution is 6.15. The van der Waals surface area contributed by atoms with E-state index < -0.39 is 5.41 Å². The minimum Gasteiger partial charge on any atom is -0.309 e. The van der Waals surface area contributed by atoms with Gasteiger partial charge in [0.2, 0.25) is 0 Å². The van der Waals surface area contributed by atoms with Crippen LogP contribution in [0.3, 0.4) is 0 Å². The molecule has 0 bridgehead atoms. The van der Waals surface area contributed by atoms with Crippen LogP contribution in [0.1, 0.15) is 22.3 Å². The number of nitrogens with zero attached hydrogens (tertiary/aromatic N) is 2. The molecule has 1 aliphatic rings. The molecule has 0 radical (unpaired) electrons. The molecule has 0 spiro atoms. The zero-order valence-electron chi connectivity index (χ0n) is 22.9. The Morgan fingerprint density at radius 2 is 1.21 bits per heavy atom. The van der Waals surface area contributed by atoms with Crippen LogP contribution in [0, 0.1) is 0 Å². The van der Waals surface area contributed by atoms with E-state index in [-0.39, 0.29) is 0 Å². The Morgan fingerprint density at radius 3 is 2.10 bits per heavy atom. The van der Waals surface area contributed by atoms with Gasteiger partial charge < -0.3 is 4.57 Å². The van der Waals surface area contributed by atoms with E-state index >= 15 is 0 Å². The first-order valence-corrected chi connectivity index (χ1v) is 14.5. The summed E-state index contributed by atoms with van der Waals surface area (Å²) in [7, 11) is 0. The Balaban J connectivity index is 1.49. The van der Waals surface area contributed by atoms with E-state index in [0.29, 0.717) is 0 Å². The third-order valence-electron chi connectivity index (χ3n) is 9.15. The minimum absolute atomic E-state index is 0.492. The highest BCUT2D eigenvalue weighted by atomic mass is 15.0. The maximum absolute atomic E-state index is 4.43. The van der Waals surface area contributed by atoms with E-state index in [9.17, 15) is 0 Å². The SMILES string of the molecule is c1ccc(C2(c3ccncc3)c3ccccc3-c3ccc4c(c32)c2ccccc2n4-c2ccc3ccccc3c2)cc1. The van der Waals surface area contributed by atoms with Gasteiger partial charge in [-0.15, -0.1) is 0 Å². The van der Waals surface area contributed by atoms with Gasteiger partial charge in [0.05, 0.1) is 16.4 Å². The molecule has 6 aromatic carbocycles. The van der Waals surface area contributed by atoms with Crippen molar-refractivity contribution in [2.45, 2.75) is 5.41 Å². The molecule has 0 aliphatic heterocycles. The first-order chi connectivity index (χ1) is 20.9. The monoisotopic (exact) mass is 534 g/mol. The van der Waals surface area contributed by atoms with E-state index in [1.807, 2.05) is 12.4 Å². The van der Waals surface area contributed by atoms with Crippen molar-refractivity contribution in [2.24, 2.45) is 0 Å². The molecule has 0 saturated carbocycles. The number of benzene rings is 6. The van der Waals surface area contributed by atoms with Gasteiger partial charge in [-0.1, -0.05) is 109 Å². The summed E-state index contributed by atoms with van der Waals surface area (Å²) < 4.78 is 2.45. The molecular weight excluding hydrogens is 508 g/mol. The van der Waals surface area contributed by atoms with Gasteiger partial charge in [0.1, 0.15) is 0 Å². The number of hydrogen-bond donors (Lipinski definition) is 0. The van der Waals surface area contributed by atoms with Crippen molar-refractivity contribution in [1.82, 2.24) is 9.55 Å². The van der Waals surface area contributed by atoms with Crippen molar-refractivity contribution in [3.8, 4) is 16.8 Å². The van der Waals surface area contributed by atoms with Crippen molar-refractivity contribution >= 4 is 32.6 Å². The summed E-state index contributed by atoms with van der Waals surface area (Å²) in [6.45, 7) is 0. The molecule has 1 aliphatic carbocycles. The van der Waals surface area contributed by atoms with Crippen LogP contribution in [0.4, 0.5) is 0 Å². The Bertz CT molecular complexity index is 2260. The topological polar surface area (TPSA) is 17.8 Å². The summed E-state index contributed by atoms with van der Waals surface area (Å²) in [6.07, 6.45) is 3.86. The van der Waals surface area contributed by atoms with Crippen LogP contribution in [0.2, 0.25) is 0 Å². The van der Waals surface area contributed by atoms with Gasteiger partial charge >= 0.3 is 0 Å². The number of fused-ring (bicyclic) bond motifs is 8. The smallest absolute Gasteiger partial charge is 0.0721 e. The summed E-state index contributed by atoms with van der Waals surface area (Å²) in [6, 6.07) is 53.3. The highest BCUT2D eigenvalue weighted by Crippen LogP contribution is 2.59. The Morgan fingerprint density at radius 1 is 0.500 bits per heavy atom. The predicted molar refractivity (Wildman–Crippen MR) is 173 cm³/mol. The van der Waals surface area contributed by atoms with Gasteiger partial charge in [0.25, 0.3) is 0 Å². The van der Waals surface area contributed by atoms with Gasteiger partial charge in [-0.25, -0.2) is 0 Å². The van der Waals surface area contributed by atoms with Gasteiger partial charge in [0, 0.05) is 28.9 Å². The molecule has 8 aromatic rings. The predicted octanol–water partition coefficient (Wildman–Crippen LogP) is 9.69. The molecule has 1 atom stereocenters.